The molecule has 0 spiro atoms. The van der Waals surface area contributed by atoms with Crippen molar-refractivity contribution >= 4 is 22.5 Å². The van der Waals surface area contributed by atoms with Crippen molar-refractivity contribution in [1.82, 2.24) is 9.97 Å². The topological polar surface area (TPSA) is 55.2 Å². The average Bonchev–Trinajstić information content (AvgIpc) is 2.29. The molecular weight excluding hydrogens is 228 g/mol. The quantitative estimate of drug-likeness (QED) is 0.817. The maximum Gasteiger partial charge on any atom is 0.162 e. The fourth-order valence-corrected chi connectivity index (χ4v) is 1.72. The summed E-state index contributed by atoms with van der Waals surface area (Å²) in [5.74, 6) is 1.08. The van der Waals surface area contributed by atoms with Gasteiger partial charge in [-0.25, -0.2) is 9.97 Å². The number of ether oxygens (including phenoxy) is 1. The number of phenolic OH excluding ortho intramolecular Hbond substituents is 1. The zero-order valence-electron chi connectivity index (χ0n) is 8.99. The van der Waals surface area contributed by atoms with Crippen LogP contribution in [0.2, 0.25) is 5.15 Å². The molecule has 0 aliphatic rings. The fraction of sp³-hybridized carbons (Fsp3) is 0.273. The van der Waals surface area contributed by atoms with Crippen molar-refractivity contribution in [3.8, 4) is 11.5 Å². The monoisotopic (exact) mass is 238 g/mol. The van der Waals surface area contributed by atoms with Crippen LogP contribution in [-0.2, 0) is 6.42 Å². The molecule has 0 unspecified atom stereocenters. The number of rotatable bonds is 2. The van der Waals surface area contributed by atoms with E-state index in [1.165, 1.54) is 13.2 Å². The van der Waals surface area contributed by atoms with Gasteiger partial charge >= 0.3 is 0 Å². The first-order chi connectivity index (χ1) is 7.65. The molecule has 4 nitrogen and oxygen atoms in total. The number of aromatic hydroxyl groups is 1. The molecule has 16 heavy (non-hydrogen) atoms. The summed E-state index contributed by atoms with van der Waals surface area (Å²) in [6, 6.07) is 3.16. The average molecular weight is 239 g/mol. The number of fused-ring (bicyclic) bond motifs is 1. The van der Waals surface area contributed by atoms with Crippen molar-refractivity contribution < 1.29 is 9.84 Å². The van der Waals surface area contributed by atoms with E-state index in [1.54, 1.807) is 6.07 Å². The lowest BCUT2D eigenvalue weighted by molar-refractivity contribution is 0.374. The van der Waals surface area contributed by atoms with E-state index in [4.69, 9.17) is 16.3 Å². The van der Waals surface area contributed by atoms with Crippen molar-refractivity contribution in [2.24, 2.45) is 0 Å². The van der Waals surface area contributed by atoms with Gasteiger partial charge in [-0.1, -0.05) is 18.5 Å². The molecule has 2 aromatic rings. The molecule has 1 N–H and O–H groups in total. The highest BCUT2D eigenvalue weighted by Gasteiger charge is 2.10. The van der Waals surface area contributed by atoms with Crippen molar-refractivity contribution in [2.75, 3.05) is 7.11 Å². The van der Waals surface area contributed by atoms with Crippen molar-refractivity contribution in [3.05, 3.63) is 23.1 Å². The Balaban J connectivity index is 2.75. The lowest BCUT2D eigenvalue weighted by atomic mass is 10.2. The molecule has 0 amide bonds. The highest BCUT2D eigenvalue weighted by molar-refractivity contribution is 6.34. The van der Waals surface area contributed by atoms with Crippen LogP contribution in [0.1, 0.15) is 12.7 Å². The Morgan fingerprint density at radius 1 is 1.38 bits per heavy atom. The highest BCUT2D eigenvalue weighted by atomic mass is 35.5. The minimum Gasteiger partial charge on any atom is -0.504 e. The van der Waals surface area contributed by atoms with E-state index < -0.39 is 0 Å². The van der Waals surface area contributed by atoms with E-state index in [1.807, 2.05) is 6.92 Å². The minimum atomic E-state index is 0.0322. The predicted molar refractivity (Wildman–Crippen MR) is 62.1 cm³/mol. The third-order valence-corrected chi connectivity index (χ3v) is 2.60. The van der Waals surface area contributed by atoms with Gasteiger partial charge in [0.05, 0.1) is 12.6 Å². The third-order valence-electron chi connectivity index (χ3n) is 2.31. The van der Waals surface area contributed by atoms with Crippen molar-refractivity contribution in [1.29, 1.82) is 0 Å². The van der Waals surface area contributed by atoms with E-state index >= 15 is 0 Å². The van der Waals surface area contributed by atoms with Crippen LogP contribution in [0.5, 0.6) is 11.5 Å². The number of methoxy groups -OCH3 is 1. The summed E-state index contributed by atoms with van der Waals surface area (Å²) < 4.78 is 5.01. The largest absolute Gasteiger partial charge is 0.504 e. The first-order valence-corrected chi connectivity index (χ1v) is 5.26. The van der Waals surface area contributed by atoms with Crippen LogP contribution >= 0.6 is 11.6 Å². The molecule has 84 valence electrons. The molecule has 0 atom stereocenters. The number of phenols is 1. The van der Waals surface area contributed by atoms with Crippen molar-refractivity contribution in [3.63, 3.8) is 0 Å². The highest BCUT2D eigenvalue weighted by Crippen LogP contribution is 2.32. The van der Waals surface area contributed by atoms with Crippen LogP contribution < -0.4 is 4.74 Å². The van der Waals surface area contributed by atoms with Crippen LogP contribution in [0.4, 0.5) is 0 Å². The molecule has 0 aliphatic heterocycles. The summed E-state index contributed by atoms with van der Waals surface area (Å²) in [6.07, 6.45) is 0.707. The van der Waals surface area contributed by atoms with Crippen LogP contribution in [0.3, 0.4) is 0 Å². The molecule has 5 heteroatoms. The number of nitrogens with zero attached hydrogens (tertiary/aromatic N) is 2. The van der Waals surface area contributed by atoms with Gasteiger partial charge < -0.3 is 9.84 Å². The van der Waals surface area contributed by atoms with Gasteiger partial charge in [-0.15, -0.1) is 0 Å². The van der Waals surface area contributed by atoms with Crippen LogP contribution in [-0.4, -0.2) is 22.2 Å². The standard InChI is InChI=1S/C11H11ClN2O2/c1-3-10-13-7-5-9(16-2)8(15)4-6(7)11(12)14-10/h4-5,15H,3H2,1-2H3. The maximum absolute atomic E-state index is 9.62. The number of halogens is 1. The van der Waals surface area contributed by atoms with Gasteiger partial charge in [0, 0.05) is 17.9 Å². The van der Waals surface area contributed by atoms with E-state index in [9.17, 15) is 5.11 Å². The van der Waals surface area contributed by atoms with Crippen LogP contribution in [0.25, 0.3) is 10.9 Å². The molecule has 1 aromatic carbocycles. The number of aryl methyl sites for hydroxylation is 1. The Kier molecular flexibility index (Phi) is 2.83. The molecule has 0 saturated heterocycles. The molecule has 0 saturated carbocycles. The van der Waals surface area contributed by atoms with Gasteiger partial charge in [0.1, 0.15) is 11.0 Å². The summed E-state index contributed by atoms with van der Waals surface area (Å²) in [5, 5.41) is 10.6. The maximum atomic E-state index is 9.62. The van der Waals surface area contributed by atoms with Gasteiger partial charge in [-0.3, -0.25) is 0 Å². The van der Waals surface area contributed by atoms with E-state index in [2.05, 4.69) is 9.97 Å². The normalized spacial score (nSPS) is 10.7. The molecule has 0 fully saturated rings. The smallest absolute Gasteiger partial charge is 0.162 e. The van der Waals surface area contributed by atoms with Gasteiger partial charge in [0.15, 0.2) is 11.5 Å². The fourth-order valence-electron chi connectivity index (χ4n) is 1.47. The number of hydrogen-bond acceptors (Lipinski definition) is 4. The molecule has 1 heterocycles. The Bertz CT molecular complexity index is 543. The predicted octanol–water partition coefficient (Wildman–Crippen LogP) is 2.56. The van der Waals surface area contributed by atoms with Gasteiger partial charge in [0.25, 0.3) is 0 Å². The van der Waals surface area contributed by atoms with Crippen LogP contribution in [0.15, 0.2) is 12.1 Å². The molecule has 1 aromatic heterocycles. The first kappa shape index (κ1) is 11.0. The Hall–Kier alpha value is -1.55. The van der Waals surface area contributed by atoms with Gasteiger partial charge in [-0.05, 0) is 6.07 Å². The lowest BCUT2D eigenvalue weighted by Crippen LogP contribution is -1.95. The first-order valence-electron chi connectivity index (χ1n) is 4.88. The molecule has 0 bridgehead atoms. The molecular formula is C11H11ClN2O2. The van der Waals surface area contributed by atoms with E-state index in [0.29, 0.717) is 34.1 Å². The van der Waals surface area contributed by atoms with Crippen LogP contribution in [0, 0.1) is 0 Å². The summed E-state index contributed by atoms with van der Waals surface area (Å²) in [7, 11) is 1.49. The van der Waals surface area contributed by atoms with Gasteiger partial charge in [-0.2, -0.15) is 0 Å². The summed E-state index contributed by atoms with van der Waals surface area (Å²) >= 11 is 6.01. The number of aromatic nitrogens is 2. The molecule has 2 rings (SSSR count). The summed E-state index contributed by atoms with van der Waals surface area (Å²) in [5.41, 5.74) is 0.673. The van der Waals surface area contributed by atoms with E-state index in [0.717, 1.165) is 0 Å². The molecule has 0 radical (unpaired) electrons. The number of hydrogen-bond donors (Lipinski definition) is 1. The summed E-state index contributed by atoms with van der Waals surface area (Å²) in [4.78, 5) is 8.44. The minimum absolute atomic E-state index is 0.0322. The van der Waals surface area contributed by atoms with Crippen molar-refractivity contribution in [2.45, 2.75) is 13.3 Å². The zero-order chi connectivity index (χ0) is 11.7. The van der Waals surface area contributed by atoms with E-state index in [-0.39, 0.29) is 5.75 Å². The zero-order valence-corrected chi connectivity index (χ0v) is 9.75. The Labute approximate surface area is 97.9 Å². The third kappa shape index (κ3) is 1.76. The molecule has 0 aliphatic carbocycles. The SMILES string of the molecule is CCc1nc(Cl)c2cc(O)c(OC)cc2n1. The second-order valence-electron chi connectivity index (χ2n) is 3.33. The second-order valence-corrected chi connectivity index (χ2v) is 3.68. The Morgan fingerprint density at radius 2 is 2.12 bits per heavy atom. The second kappa shape index (κ2) is 4.14. The lowest BCUT2D eigenvalue weighted by Gasteiger charge is -2.07. The number of benzene rings is 1. The summed E-state index contributed by atoms with van der Waals surface area (Å²) in [6.45, 7) is 1.95. The Morgan fingerprint density at radius 3 is 2.75 bits per heavy atom. The van der Waals surface area contributed by atoms with Gasteiger partial charge in [0.2, 0.25) is 0 Å².